The van der Waals surface area contributed by atoms with E-state index in [1.807, 2.05) is 76.2 Å². The number of aryl methyl sites for hydroxylation is 1. The largest absolute Gasteiger partial charge is 0.496 e. The second kappa shape index (κ2) is 10.5. The van der Waals surface area contributed by atoms with Crippen molar-refractivity contribution in [1.82, 2.24) is 9.47 Å². The summed E-state index contributed by atoms with van der Waals surface area (Å²) in [6, 6.07) is 12.7. The number of para-hydroxylation sites is 1. The van der Waals surface area contributed by atoms with Gasteiger partial charge in [-0.3, -0.25) is 14.2 Å². The number of aromatic nitrogens is 1. The molecule has 0 saturated heterocycles. The number of ether oxygens (including phenoxy) is 2. The summed E-state index contributed by atoms with van der Waals surface area (Å²) in [7, 11) is 3.22. The molecule has 8 heteroatoms. The Kier molecular flexibility index (Phi) is 7.45. The molecule has 1 aromatic heterocycles. The first-order valence-corrected chi connectivity index (χ1v) is 12.8. The Morgan fingerprint density at radius 3 is 2.44 bits per heavy atom. The minimum absolute atomic E-state index is 0.130. The average Bonchev–Trinajstić information content (AvgIpc) is 3.19. The Bertz CT molecular complexity index is 1510. The molecule has 4 rings (SSSR count). The quantitative estimate of drug-likeness (QED) is 0.493. The van der Waals surface area contributed by atoms with E-state index in [2.05, 4.69) is 0 Å². The van der Waals surface area contributed by atoms with Crippen LogP contribution in [0.1, 0.15) is 43.5 Å². The lowest BCUT2D eigenvalue weighted by Crippen LogP contribution is -2.43. The first kappa shape index (κ1) is 25.4. The number of fused-ring (bicyclic) bond motifs is 1. The molecule has 3 aromatic rings. The van der Waals surface area contributed by atoms with E-state index in [9.17, 15) is 9.59 Å². The minimum atomic E-state index is -0.653. The maximum Gasteiger partial charge on any atom is 0.271 e. The maximum absolute atomic E-state index is 13.9. The molecular weight excluding hydrogens is 474 g/mol. The van der Waals surface area contributed by atoms with Gasteiger partial charge in [-0.1, -0.05) is 41.7 Å². The fraction of sp³-hybridized carbons (Fsp3) is 0.321. The second-order valence-corrected chi connectivity index (χ2v) is 9.54. The summed E-state index contributed by atoms with van der Waals surface area (Å²) >= 11 is 1.31. The van der Waals surface area contributed by atoms with Gasteiger partial charge in [0.25, 0.3) is 11.5 Å². The number of likely N-dealkylation sites (N-methyl/N-ethyl adjacent to an activating group) is 1. The van der Waals surface area contributed by atoms with Crippen molar-refractivity contribution in [2.75, 3.05) is 27.3 Å². The van der Waals surface area contributed by atoms with E-state index in [-0.39, 0.29) is 11.5 Å². The predicted octanol–water partition coefficient (Wildman–Crippen LogP) is 3.43. The van der Waals surface area contributed by atoms with Crippen LogP contribution in [0, 0.1) is 6.92 Å². The van der Waals surface area contributed by atoms with Crippen molar-refractivity contribution in [3.63, 3.8) is 0 Å². The SMILES string of the molecule is CCN(CC)C(=O)C1=C(C)N=c2s/c(=C/c3ccc(C)c(OC)c3)c(=O)n2[C@@H]1c1ccccc1OC. The van der Waals surface area contributed by atoms with E-state index in [1.54, 1.807) is 23.7 Å². The van der Waals surface area contributed by atoms with Crippen LogP contribution >= 0.6 is 11.3 Å². The number of hydrogen-bond donors (Lipinski definition) is 0. The van der Waals surface area contributed by atoms with Gasteiger partial charge in [0.05, 0.1) is 30.0 Å². The van der Waals surface area contributed by atoms with Crippen LogP contribution in [0.5, 0.6) is 11.5 Å². The van der Waals surface area contributed by atoms with E-state index >= 15 is 0 Å². The monoisotopic (exact) mass is 505 g/mol. The molecular formula is C28H31N3O4S. The zero-order valence-corrected chi connectivity index (χ0v) is 22.3. The smallest absolute Gasteiger partial charge is 0.271 e. The molecule has 2 heterocycles. The third-order valence-electron chi connectivity index (χ3n) is 6.47. The highest BCUT2D eigenvalue weighted by molar-refractivity contribution is 7.07. The van der Waals surface area contributed by atoms with Crippen LogP contribution in [-0.2, 0) is 4.79 Å². The first-order chi connectivity index (χ1) is 17.3. The van der Waals surface area contributed by atoms with Crippen LogP contribution in [0.3, 0.4) is 0 Å². The van der Waals surface area contributed by atoms with Gasteiger partial charge in [-0.2, -0.15) is 0 Å². The van der Waals surface area contributed by atoms with Crippen molar-refractivity contribution in [3.05, 3.63) is 90.1 Å². The molecule has 0 spiro atoms. The number of nitrogens with zero attached hydrogens (tertiary/aromatic N) is 3. The van der Waals surface area contributed by atoms with Crippen molar-refractivity contribution in [2.45, 2.75) is 33.7 Å². The highest BCUT2D eigenvalue weighted by Gasteiger charge is 2.35. The average molecular weight is 506 g/mol. The van der Waals surface area contributed by atoms with Gasteiger partial charge in [-0.05, 0) is 57.0 Å². The fourth-order valence-corrected chi connectivity index (χ4v) is 5.59. The molecule has 0 unspecified atom stereocenters. The lowest BCUT2D eigenvalue weighted by molar-refractivity contribution is -0.127. The molecule has 1 amide bonds. The Morgan fingerprint density at radius 1 is 1.08 bits per heavy atom. The van der Waals surface area contributed by atoms with Crippen LogP contribution in [0.4, 0.5) is 0 Å². The van der Waals surface area contributed by atoms with Gasteiger partial charge < -0.3 is 14.4 Å². The Labute approximate surface area is 214 Å². The van der Waals surface area contributed by atoms with Crippen molar-refractivity contribution < 1.29 is 14.3 Å². The molecule has 0 bridgehead atoms. The Morgan fingerprint density at radius 2 is 1.78 bits per heavy atom. The molecule has 0 fully saturated rings. The van der Waals surface area contributed by atoms with Crippen LogP contribution in [0.25, 0.3) is 6.08 Å². The number of allylic oxidation sites excluding steroid dienone is 1. The van der Waals surface area contributed by atoms with E-state index < -0.39 is 6.04 Å². The van der Waals surface area contributed by atoms with E-state index in [0.717, 1.165) is 22.4 Å². The Balaban J connectivity index is 1.98. The second-order valence-electron chi connectivity index (χ2n) is 8.53. The fourth-order valence-electron chi connectivity index (χ4n) is 4.54. The van der Waals surface area contributed by atoms with Crippen LogP contribution in [0.2, 0.25) is 0 Å². The molecule has 2 aromatic carbocycles. The summed E-state index contributed by atoms with van der Waals surface area (Å²) in [5.74, 6) is 1.24. The van der Waals surface area contributed by atoms with Gasteiger partial charge >= 0.3 is 0 Å². The highest BCUT2D eigenvalue weighted by Crippen LogP contribution is 2.36. The third kappa shape index (κ3) is 4.48. The van der Waals surface area contributed by atoms with E-state index in [1.165, 1.54) is 11.3 Å². The van der Waals surface area contributed by atoms with E-state index in [4.69, 9.17) is 14.5 Å². The molecule has 0 N–H and O–H groups in total. The van der Waals surface area contributed by atoms with Gasteiger partial charge in [0.2, 0.25) is 0 Å². The number of carbonyl (C=O) groups excluding carboxylic acids is 1. The number of carbonyl (C=O) groups is 1. The molecule has 7 nitrogen and oxygen atoms in total. The van der Waals surface area contributed by atoms with Gasteiger partial charge in [0, 0.05) is 18.7 Å². The normalized spacial score (nSPS) is 15.4. The number of hydrogen-bond acceptors (Lipinski definition) is 6. The van der Waals surface area contributed by atoms with Crippen molar-refractivity contribution in [2.24, 2.45) is 4.99 Å². The number of rotatable bonds is 7. The molecule has 0 radical (unpaired) electrons. The van der Waals surface area contributed by atoms with Gasteiger partial charge in [0.15, 0.2) is 4.80 Å². The maximum atomic E-state index is 13.9. The third-order valence-corrected chi connectivity index (χ3v) is 7.45. The molecule has 0 aliphatic carbocycles. The molecule has 0 saturated carbocycles. The summed E-state index contributed by atoms with van der Waals surface area (Å²) in [6.07, 6.45) is 1.84. The predicted molar refractivity (Wildman–Crippen MR) is 142 cm³/mol. The summed E-state index contributed by atoms with van der Waals surface area (Å²) in [6.45, 7) is 8.82. The highest BCUT2D eigenvalue weighted by atomic mass is 32.1. The molecule has 1 aliphatic rings. The molecule has 188 valence electrons. The van der Waals surface area contributed by atoms with Crippen molar-refractivity contribution >= 4 is 23.3 Å². The summed E-state index contributed by atoms with van der Waals surface area (Å²) in [5.41, 5.74) is 3.50. The topological polar surface area (TPSA) is 73.1 Å². The molecule has 1 aliphatic heterocycles. The van der Waals surface area contributed by atoms with Crippen LogP contribution in [0.15, 0.2) is 63.5 Å². The van der Waals surface area contributed by atoms with E-state index in [0.29, 0.717) is 39.4 Å². The van der Waals surface area contributed by atoms with Gasteiger partial charge in [0.1, 0.15) is 17.5 Å². The molecule has 36 heavy (non-hydrogen) atoms. The number of amides is 1. The lowest BCUT2D eigenvalue weighted by Gasteiger charge is -2.29. The first-order valence-electron chi connectivity index (χ1n) is 11.9. The van der Waals surface area contributed by atoms with Crippen LogP contribution < -0.4 is 24.4 Å². The summed E-state index contributed by atoms with van der Waals surface area (Å²) in [5, 5.41) is 0. The zero-order chi connectivity index (χ0) is 26.0. The van der Waals surface area contributed by atoms with Gasteiger partial charge in [-0.15, -0.1) is 0 Å². The lowest BCUT2D eigenvalue weighted by atomic mass is 9.94. The number of thiazole rings is 1. The van der Waals surface area contributed by atoms with Crippen molar-refractivity contribution in [3.8, 4) is 11.5 Å². The number of benzene rings is 2. The zero-order valence-electron chi connectivity index (χ0n) is 21.5. The molecule has 1 atom stereocenters. The number of methoxy groups -OCH3 is 2. The Hall–Kier alpha value is -3.65. The standard InChI is InChI=1S/C28H31N3O4S/c1-7-30(8-2)27(33)24-18(4)29-28-31(25(24)20-11-9-10-12-21(20)34-5)26(32)23(36-28)16-19-14-13-17(3)22(15-19)35-6/h9-16,25H,7-8H2,1-6H3/b23-16+/t25-/m1/s1. The summed E-state index contributed by atoms with van der Waals surface area (Å²) in [4.78, 5) is 34.6. The van der Waals surface area contributed by atoms with Gasteiger partial charge in [-0.25, -0.2) is 4.99 Å². The van der Waals surface area contributed by atoms with Crippen molar-refractivity contribution in [1.29, 1.82) is 0 Å². The van der Waals surface area contributed by atoms with Crippen LogP contribution in [-0.4, -0.2) is 42.7 Å². The minimum Gasteiger partial charge on any atom is -0.496 e. The summed E-state index contributed by atoms with van der Waals surface area (Å²) < 4.78 is 13.3.